The van der Waals surface area contributed by atoms with Gasteiger partial charge in [-0.2, -0.15) is 0 Å². The fourth-order valence-corrected chi connectivity index (χ4v) is 5.75. The second-order valence-corrected chi connectivity index (χ2v) is 11.8. The quantitative estimate of drug-likeness (QED) is 0.456. The zero-order chi connectivity index (χ0) is 25.0. The molecule has 0 bridgehead atoms. The van der Waals surface area contributed by atoms with Crippen LogP contribution in [-0.4, -0.2) is 67.9 Å². The van der Waals surface area contributed by atoms with Crippen LogP contribution in [0.2, 0.25) is 0 Å². The van der Waals surface area contributed by atoms with Crippen LogP contribution in [0.1, 0.15) is 48.7 Å². The van der Waals surface area contributed by atoms with E-state index in [0.29, 0.717) is 24.8 Å². The number of amides is 1. The molecule has 1 aliphatic heterocycles. The van der Waals surface area contributed by atoms with Crippen molar-refractivity contribution in [2.45, 2.75) is 50.1 Å². The first-order chi connectivity index (χ1) is 16.8. The number of sulfonamides is 1. The lowest BCUT2D eigenvalue weighted by Gasteiger charge is -2.33. The molecule has 1 amide bonds. The van der Waals surface area contributed by atoms with Crippen molar-refractivity contribution in [1.29, 1.82) is 0 Å². The standard InChI is InChI=1S/C27H36N4O3S/c1-21-10-7-8-16-30(21)17-9-15-28-27(32)26-19-23-18-24(35(33,34)29(2)3)13-14-25(23)31(26)20-22-11-5-4-6-12-22/h4-6,11-14,18-19,21H,7-10,15-17,20H2,1-3H3,(H,28,32). The molecule has 1 aliphatic rings. The van der Waals surface area contributed by atoms with Crippen molar-refractivity contribution in [3.63, 3.8) is 0 Å². The van der Waals surface area contributed by atoms with Gasteiger partial charge in [-0.05, 0) is 62.6 Å². The van der Waals surface area contributed by atoms with Crippen LogP contribution in [0.4, 0.5) is 0 Å². The number of rotatable bonds is 9. The maximum absolute atomic E-state index is 13.3. The zero-order valence-electron chi connectivity index (χ0n) is 20.9. The van der Waals surface area contributed by atoms with Crippen LogP contribution in [-0.2, 0) is 16.6 Å². The Balaban J connectivity index is 1.56. The molecule has 188 valence electrons. The summed E-state index contributed by atoms with van der Waals surface area (Å²) in [5.41, 5.74) is 2.44. The van der Waals surface area contributed by atoms with Crippen molar-refractivity contribution in [2.75, 3.05) is 33.7 Å². The van der Waals surface area contributed by atoms with Crippen LogP contribution in [0.5, 0.6) is 0 Å². The Labute approximate surface area is 208 Å². The van der Waals surface area contributed by atoms with E-state index in [1.54, 1.807) is 24.3 Å². The summed E-state index contributed by atoms with van der Waals surface area (Å²) < 4.78 is 28.5. The van der Waals surface area contributed by atoms with E-state index in [1.807, 2.05) is 34.9 Å². The first kappa shape index (κ1) is 25.4. The largest absolute Gasteiger partial charge is 0.351 e. The Morgan fingerprint density at radius 3 is 2.57 bits per heavy atom. The maximum Gasteiger partial charge on any atom is 0.267 e. The van der Waals surface area contributed by atoms with E-state index in [1.165, 1.54) is 37.7 Å². The third-order valence-electron chi connectivity index (χ3n) is 6.92. The molecule has 0 saturated carbocycles. The molecule has 8 heteroatoms. The number of fused-ring (bicyclic) bond motifs is 1. The van der Waals surface area contributed by atoms with Crippen molar-refractivity contribution in [3.8, 4) is 0 Å². The molecule has 1 N–H and O–H groups in total. The minimum atomic E-state index is -3.57. The van der Waals surface area contributed by atoms with Gasteiger partial charge in [-0.25, -0.2) is 12.7 Å². The smallest absolute Gasteiger partial charge is 0.267 e. The molecule has 2 heterocycles. The molecule has 1 saturated heterocycles. The normalized spacial score (nSPS) is 17.2. The molecule has 3 aromatic rings. The number of hydrogen-bond acceptors (Lipinski definition) is 4. The van der Waals surface area contributed by atoms with Gasteiger partial charge >= 0.3 is 0 Å². The number of nitrogens with zero attached hydrogens (tertiary/aromatic N) is 3. The van der Waals surface area contributed by atoms with Crippen LogP contribution in [0.3, 0.4) is 0 Å². The number of benzene rings is 2. The number of carbonyl (C=O) groups excluding carboxylic acids is 1. The number of hydrogen-bond donors (Lipinski definition) is 1. The molecule has 2 aromatic carbocycles. The van der Waals surface area contributed by atoms with Crippen molar-refractivity contribution < 1.29 is 13.2 Å². The molecule has 1 aromatic heterocycles. The molecule has 4 rings (SSSR count). The van der Waals surface area contributed by atoms with E-state index in [4.69, 9.17) is 0 Å². The second-order valence-electron chi connectivity index (χ2n) is 9.60. The Morgan fingerprint density at radius 1 is 1.09 bits per heavy atom. The molecule has 1 atom stereocenters. The van der Waals surface area contributed by atoms with Gasteiger partial charge in [0.1, 0.15) is 5.69 Å². The van der Waals surface area contributed by atoms with E-state index in [9.17, 15) is 13.2 Å². The van der Waals surface area contributed by atoms with Crippen LogP contribution in [0.25, 0.3) is 10.9 Å². The van der Waals surface area contributed by atoms with Crippen molar-refractivity contribution in [1.82, 2.24) is 19.1 Å². The molecular weight excluding hydrogens is 460 g/mol. The van der Waals surface area contributed by atoms with Crippen molar-refractivity contribution >= 4 is 26.8 Å². The highest BCUT2D eigenvalue weighted by Crippen LogP contribution is 2.26. The fourth-order valence-electron chi connectivity index (χ4n) is 4.81. The summed E-state index contributed by atoms with van der Waals surface area (Å²) in [6, 6.07) is 17.4. The third-order valence-corrected chi connectivity index (χ3v) is 8.73. The summed E-state index contributed by atoms with van der Waals surface area (Å²) in [6.07, 6.45) is 4.71. The summed E-state index contributed by atoms with van der Waals surface area (Å²) in [5, 5.41) is 3.82. The van der Waals surface area contributed by atoms with Crippen molar-refractivity contribution in [3.05, 3.63) is 65.9 Å². The highest BCUT2D eigenvalue weighted by Gasteiger charge is 2.21. The summed E-state index contributed by atoms with van der Waals surface area (Å²) in [7, 11) is -0.530. The number of carbonyl (C=O) groups is 1. The highest BCUT2D eigenvalue weighted by molar-refractivity contribution is 7.89. The molecule has 0 spiro atoms. The monoisotopic (exact) mass is 496 g/mol. The van der Waals surface area contributed by atoms with Crippen LogP contribution in [0, 0.1) is 0 Å². The molecule has 1 fully saturated rings. The summed E-state index contributed by atoms with van der Waals surface area (Å²) in [5.74, 6) is -0.138. The highest BCUT2D eigenvalue weighted by atomic mass is 32.2. The molecule has 0 aliphatic carbocycles. The first-order valence-corrected chi connectivity index (χ1v) is 13.8. The van der Waals surface area contributed by atoms with Crippen LogP contribution in [0.15, 0.2) is 59.5 Å². The maximum atomic E-state index is 13.3. The van der Waals surface area contributed by atoms with E-state index in [0.717, 1.165) is 36.0 Å². The molecule has 35 heavy (non-hydrogen) atoms. The van der Waals surface area contributed by atoms with Crippen LogP contribution < -0.4 is 5.32 Å². The summed E-state index contributed by atoms with van der Waals surface area (Å²) in [6.45, 7) is 5.54. The molecule has 0 radical (unpaired) electrons. The molecule has 1 unspecified atom stereocenters. The van der Waals surface area contributed by atoms with Gasteiger partial charge in [0.05, 0.1) is 4.90 Å². The van der Waals surface area contributed by atoms with Crippen molar-refractivity contribution in [2.24, 2.45) is 0 Å². The molecular formula is C27H36N4O3S. The Kier molecular flexibility index (Phi) is 7.94. The minimum absolute atomic E-state index is 0.138. The van der Waals surface area contributed by atoms with E-state index >= 15 is 0 Å². The minimum Gasteiger partial charge on any atom is -0.351 e. The number of likely N-dealkylation sites (tertiary alicyclic amines) is 1. The van der Waals surface area contributed by atoms with E-state index < -0.39 is 10.0 Å². The Morgan fingerprint density at radius 2 is 1.86 bits per heavy atom. The molecule has 7 nitrogen and oxygen atoms in total. The summed E-state index contributed by atoms with van der Waals surface area (Å²) >= 11 is 0. The lowest BCUT2D eigenvalue weighted by Crippen LogP contribution is -2.39. The van der Waals surface area contributed by atoms with Gasteiger partial charge in [0.2, 0.25) is 10.0 Å². The fraction of sp³-hybridized carbons (Fsp3) is 0.444. The Bertz CT molecular complexity index is 1270. The predicted molar refractivity (Wildman–Crippen MR) is 140 cm³/mol. The first-order valence-electron chi connectivity index (χ1n) is 12.4. The topological polar surface area (TPSA) is 74.7 Å². The van der Waals surface area contributed by atoms with E-state index in [-0.39, 0.29) is 10.8 Å². The lowest BCUT2D eigenvalue weighted by molar-refractivity contribution is 0.0940. The SMILES string of the molecule is CC1CCCCN1CCCNC(=O)c1cc2cc(S(=O)(=O)N(C)C)ccc2n1Cc1ccccc1. The van der Waals surface area contributed by atoms with Gasteiger partial charge < -0.3 is 14.8 Å². The zero-order valence-corrected chi connectivity index (χ0v) is 21.7. The number of piperidine rings is 1. The van der Waals surface area contributed by atoms with E-state index in [2.05, 4.69) is 17.1 Å². The van der Waals surface area contributed by atoms with Gasteiger partial charge in [0, 0.05) is 50.7 Å². The average Bonchev–Trinajstić information content (AvgIpc) is 3.21. The van der Waals surface area contributed by atoms with Gasteiger partial charge in [0.15, 0.2) is 0 Å². The number of aromatic nitrogens is 1. The second kappa shape index (κ2) is 10.9. The van der Waals surface area contributed by atoms with Crippen LogP contribution >= 0.6 is 0 Å². The lowest BCUT2D eigenvalue weighted by atomic mass is 10.0. The predicted octanol–water partition coefficient (Wildman–Crippen LogP) is 3.93. The van der Waals surface area contributed by atoms with Gasteiger partial charge in [0.25, 0.3) is 5.91 Å². The van der Waals surface area contributed by atoms with Gasteiger partial charge in [-0.15, -0.1) is 0 Å². The Hall–Kier alpha value is -2.68. The van der Waals surface area contributed by atoms with Gasteiger partial charge in [-0.3, -0.25) is 4.79 Å². The average molecular weight is 497 g/mol. The number of nitrogens with one attached hydrogen (secondary N) is 1. The van der Waals surface area contributed by atoms with Gasteiger partial charge in [-0.1, -0.05) is 36.8 Å². The third kappa shape index (κ3) is 5.77. The summed E-state index contributed by atoms with van der Waals surface area (Å²) in [4.78, 5) is 16.0.